The highest BCUT2D eigenvalue weighted by Gasteiger charge is 2.46. The molecule has 0 aliphatic carbocycles. The summed E-state index contributed by atoms with van der Waals surface area (Å²) >= 11 is 0. The smallest absolute Gasteiger partial charge is 0.240 e. The van der Waals surface area contributed by atoms with Crippen LogP contribution in [-0.4, -0.2) is 58.1 Å². The summed E-state index contributed by atoms with van der Waals surface area (Å²) in [6.45, 7) is 2.27. The molecule has 1 aliphatic heterocycles. The average Bonchev–Trinajstić information content (AvgIpc) is 3.54. The van der Waals surface area contributed by atoms with Crippen LogP contribution in [0.5, 0.6) is 0 Å². The number of hydrogen-bond donors (Lipinski definition) is 4. The van der Waals surface area contributed by atoms with Crippen LogP contribution >= 0.6 is 0 Å². The minimum absolute atomic E-state index is 0.231. The van der Waals surface area contributed by atoms with Crippen LogP contribution in [0.15, 0.2) is 79.0 Å². The van der Waals surface area contributed by atoms with Crippen molar-refractivity contribution in [2.24, 2.45) is 5.92 Å². The number of hydroxylamine groups is 2. The lowest BCUT2D eigenvalue weighted by molar-refractivity contribution is -0.181. The maximum absolute atomic E-state index is 13.3. The number of aliphatic hydroxyl groups excluding tert-OH is 2. The van der Waals surface area contributed by atoms with Crippen LogP contribution < -0.4 is 5.32 Å². The van der Waals surface area contributed by atoms with E-state index in [1.807, 2.05) is 79.9 Å². The number of carbonyl (C=O) groups excluding carboxylic acids is 1. The average molecular weight is 524 g/mol. The van der Waals surface area contributed by atoms with Gasteiger partial charge in [0, 0.05) is 40.7 Å². The van der Waals surface area contributed by atoms with Gasteiger partial charge in [0.25, 0.3) is 0 Å². The Morgan fingerprint density at radius 1 is 0.974 bits per heavy atom. The Hall–Kier alpha value is -3.93. The number of aromatic nitrogens is 1. The van der Waals surface area contributed by atoms with Crippen molar-refractivity contribution in [3.63, 3.8) is 0 Å². The minimum Gasteiger partial charge on any atom is -0.396 e. The minimum atomic E-state index is -0.726. The van der Waals surface area contributed by atoms with Gasteiger partial charge < -0.3 is 20.5 Å². The van der Waals surface area contributed by atoms with Gasteiger partial charge in [-0.1, -0.05) is 59.9 Å². The Bertz CT molecular complexity index is 1470. The molecule has 2 heterocycles. The summed E-state index contributed by atoms with van der Waals surface area (Å²) in [6.07, 6.45) is 1.98. The van der Waals surface area contributed by atoms with Crippen molar-refractivity contribution in [2.75, 3.05) is 19.8 Å². The van der Waals surface area contributed by atoms with Crippen molar-refractivity contribution >= 4 is 16.8 Å². The number of para-hydroxylation sites is 1. The standard InChI is InChI=1S/C32H33N3O4/c1-22-6-8-23(9-7-22)10-11-24-12-14-25(15-13-24)19-35-31(28(20-36)30(21-37)39-35)32(38)33-17-16-26-18-34-29-5-3-2-4-27(26)29/h2-9,12-15,18,28,30-31,34,36-37H,16-17,19-21H2,1H3,(H,33,38)/t28-,30+,31+/m1/s1. The van der Waals surface area contributed by atoms with E-state index < -0.39 is 18.1 Å². The Kier molecular flexibility index (Phi) is 8.40. The van der Waals surface area contributed by atoms with Crippen LogP contribution in [0.25, 0.3) is 10.9 Å². The number of rotatable bonds is 8. The zero-order valence-electron chi connectivity index (χ0n) is 21.9. The third-order valence-corrected chi connectivity index (χ3v) is 7.19. The topological polar surface area (TPSA) is 97.8 Å². The van der Waals surface area contributed by atoms with E-state index in [4.69, 9.17) is 4.84 Å². The molecule has 1 amide bonds. The number of nitrogens with one attached hydrogen (secondary N) is 2. The monoisotopic (exact) mass is 523 g/mol. The van der Waals surface area contributed by atoms with Gasteiger partial charge in [0.1, 0.15) is 12.1 Å². The molecule has 1 aromatic heterocycles. The number of H-pyrrole nitrogens is 1. The van der Waals surface area contributed by atoms with Crippen molar-refractivity contribution in [2.45, 2.75) is 32.0 Å². The molecule has 0 saturated carbocycles. The number of hydrogen-bond acceptors (Lipinski definition) is 5. The maximum atomic E-state index is 13.3. The lowest BCUT2D eigenvalue weighted by Gasteiger charge is -2.24. The van der Waals surface area contributed by atoms with E-state index in [-0.39, 0.29) is 19.1 Å². The summed E-state index contributed by atoms with van der Waals surface area (Å²) in [7, 11) is 0. The molecule has 39 heavy (non-hydrogen) atoms. The van der Waals surface area contributed by atoms with Gasteiger partial charge in [0.15, 0.2) is 0 Å². The van der Waals surface area contributed by atoms with Crippen molar-refractivity contribution in [1.29, 1.82) is 0 Å². The third-order valence-electron chi connectivity index (χ3n) is 7.19. The fraction of sp³-hybridized carbons (Fsp3) is 0.281. The molecule has 1 saturated heterocycles. The van der Waals surface area contributed by atoms with Crippen molar-refractivity contribution in [1.82, 2.24) is 15.4 Å². The Morgan fingerprint density at radius 3 is 2.36 bits per heavy atom. The Balaban J connectivity index is 1.24. The van der Waals surface area contributed by atoms with E-state index in [9.17, 15) is 15.0 Å². The van der Waals surface area contributed by atoms with Gasteiger partial charge in [-0.2, -0.15) is 5.06 Å². The van der Waals surface area contributed by atoms with Gasteiger partial charge in [-0.25, -0.2) is 0 Å². The highest BCUT2D eigenvalue weighted by atomic mass is 16.7. The van der Waals surface area contributed by atoms with Crippen molar-refractivity contribution in [3.8, 4) is 11.8 Å². The zero-order chi connectivity index (χ0) is 27.2. The summed E-state index contributed by atoms with van der Waals surface area (Å²) in [4.78, 5) is 22.5. The third kappa shape index (κ3) is 6.22. The molecular formula is C32H33N3O4. The highest BCUT2D eigenvalue weighted by Crippen LogP contribution is 2.29. The van der Waals surface area contributed by atoms with E-state index in [1.165, 1.54) is 5.56 Å². The van der Waals surface area contributed by atoms with Crippen LogP contribution in [0.1, 0.15) is 27.8 Å². The largest absolute Gasteiger partial charge is 0.396 e. The number of aliphatic hydroxyl groups is 2. The molecule has 1 aliphatic rings. The number of benzene rings is 3. The summed E-state index contributed by atoms with van der Waals surface area (Å²) in [6, 6.07) is 23.2. The molecule has 0 radical (unpaired) electrons. The predicted molar refractivity (Wildman–Crippen MR) is 150 cm³/mol. The molecule has 4 aromatic rings. The maximum Gasteiger partial charge on any atom is 0.240 e. The SMILES string of the molecule is Cc1ccc(C#Cc2ccc(CN3O[C@@H](CO)[C@@H](CO)[C@H]3C(=O)NCCc3c[nH]c4ccccc34)cc2)cc1. The van der Waals surface area contributed by atoms with E-state index in [0.717, 1.165) is 33.2 Å². The van der Waals surface area contributed by atoms with Crippen LogP contribution in [0, 0.1) is 24.7 Å². The molecule has 0 spiro atoms. The van der Waals surface area contributed by atoms with Gasteiger partial charge in [-0.3, -0.25) is 9.63 Å². The summed E-state index contributed by atoms with van der Waals surface area (Å²) < 4.78 is 0. The number of nitrogens with zero attached hydrogens (tertiary/aromatic N) is 1. The second kappa shape index (κ2) is 12.3. The number of fused-ring (bicyclic) bond motifs is 1. The van der Waals surface area contributed by atoms with Crippen molar-refractivity contribution < 1.29 is 19.8 Å². The van der Waals surface area contributed by atoms with E-state index in [1.54, 1.807) is 5.06 Å². The second-order valence-corrected chi connectivity index (χ2v) is 9.91. The van der Waals surface area contributed by atoms with E-state index >= 15 is 0 Å². The molecule has 3 atom stereocenters. The summed E-state index contributed by atoms with van der Waals surface area (Å²) in [5, 5.41) is 25.6. The number of carbonyl (C=O) groups is 1. The first-order valence-electron chi connectivity index (χ1n) is 13.2. The van der Waals surface area contributed by atoms with Crippen LogP contribution in [0.2, 0.25) is 0 Å². The summed E-state index contributed by atoms with van der Waals surface area (Å²) in [5.41, 5.74) is 6.16. The molecule has 0 bridgehead atoms. The molecule has 7 heteroatoms. The van der Waals surface area contributed by atoms with Crippen LogP contribution in [-0.2, 0) is 22.6 Å². The zero-order valence-corrected chi connectivity index (χ0v) is 21.9. The molecule has 3 aromatic carbocycles. The van der Waals surface area contributed by atoms with Gasteiger partial charge in [0.2, 0.25) is 5.91 Å². The molecule has 4 N–H and O–H groups in total. The number of aromatic amines is 1. The first-order chi connectivity index (χ1) is 19.1. The fourth-order valence-corrected chi connectivity index (χ4v) is 5.00. The van der Waals surface area contributed by atoms with Crippen LogP contribution in [0.4, 0.5) is 0 Å². The number of amides is 1. The quantitative estimate of drug-likeness (QED) is 0.266. The number of aryl methyl sites for hydroxylation is 1. The van der Waals surface area contributed by atoms with Crippen molar-refractivity contribution in [3.05, 3.63) is 107 Å². The lowest BCUT2D eigenvalue weighted by Crippen LogP contribution is -2.47. The molecular weight excluding hydrogens is 490 g/mol. The molecule has 0 unspecified atom stereocenters. The molecule has 5 rings (SSSR count). The predicted octanol–water partition coefficient (Wildman–Crippen LogP) is 3.32. The van der Waals surface area contributed by atoms with E-state index in [2.05, 4.69) is 28.2 Å². The summed E-state index contributed by atoms with van der Waals surface area (Å²) in [5.74, 6) is 5.58. The van der Waals surface area contributed by atoms with Gasteiger partial charge in [-0.15, -0.1) is 0 Å². The highest BCUT2D eigenvalue weighted by molar-refractivity contribution is 5.84. The first kappa shape index (κ1) is 26.7. The Labute approximate surface area is 228 Å². The Morgan fingerprint density at radius 2 is 1.67 bits per heavy atom. The second-order valence-electron chi connectivity index (χ2n) is 9.91. The normalized spacial score (nSPS) is 19.1. The molecule has 1 fully saturated rings. The van der Waals surface area contributed by atoms with Gasteiger partial charge >= 0.3 is 0 Å². The van der Waals surface area contributed by atoms with Crippen LogP contribution in [0.3, 0.4) is 0 Å². The fourth-order valence-electron chi connectivity index (χ4n) is 5.00. The lowest BCUT2D eigenvalue weighted by atomic mass is 9.95. The van der Waals surface area contributed by atoms with Gasteiger partial charge in [0.05, 0.1) is 19.8 Å². The molecule has 7 nitrogen and oxygen atoms in total. The molecule has 200 valence electrons. The van der Waals surface area contributed by atoms with E-state index in [0.29, 0.717) is 19.5 Å². The first-order valence-corrected chi connectivity index (χ1v) is 13.2. The van der Waals surface area contributed by atoms with Gasteiger partial charge in [-0.05, 0) is 54.8 Å².